The predicted octanol–water partition coefficient (Wildman–Crippen LogP) is 6.72. The summed E-state index contributed by atoms with van der Waals surface area (Å²) in [6, 6.07) is 13.7. The average Bonchev–Trinajstić information content (AvgIpc) is 2.62. The Morgan fingerprint density at radius 1 is 1.07 bits per heavy atom. The Bertz CT molecular complexity index is 902. The number of aromatic carboxylic acids is 1. The highest BCUT2D eigenvalue weighted by atomic mass is 32.2. The van der Waals surface area contributed by atoms with E-state index in [0.29, 0.717) is 10.8 Å². The third-order valence-electron chi connectivity index (χ3n) is 4.82. The first-order valence-electron chi connectivity index (χ1n) is 9.29. The topological polar surface area (TPSA) is 37.3 Å². The summed E-state index contributed by atoms with van der Waals surface area (Å²) >= 11 is 1.93. The van der Waals surface area contributed by atoms with Crippen LogP contribution < -0.4 is 0 Å². The van der Waals surface area contributed by atoms with E-state index in [1.165, 1.54) is 16.0 Å². The lowest BCUT2D eigenvalue weighted by Crippen LogP contribution is -2.21. The van der Waals surface area contributed by atoms with E-state index in [0.717, 1.165) is 17.5 Å². The number of allylic oxidation sites excluding steroid dienone is 1. The molecule has 0 bridgehead atoms. The van der Waals surface area contributed by atoms with Gasteiger partial charge in [-0.05, 0) is 52.3 Å². The molecular formula is C24H26O2S. The second-order valence-electron chi connectivity index (χ2n) is 7.89. The minimum Gasteiger partial charge on any atom is -0.478 e. The summed E-state index contributed by atoms with van der Waals surface area (Å²) in [7, 11) is 0. The maximum atomic E-state index is 11.0. The molecule has 0 unspecified atom stereocenters. The number of carboxylic acids is 1. The third-order valence-corrected chi connectivity index (χ3v) is 5.94. The lowest BCUT2D eigenvalue weighted by atomic mass is 9.75. The van der Waals surface area contributed by atoms with Crippen molar-refractivity contribution in [3.63, 3.8) is 0 Å². The molecule has 2 nitrogen and oxygen atoms in total. The number of hydrogen-bond donors (Lipinski definition) is 1. The molecular weight excluding hydrogens is 352 g/mol. The molecule has 3 rings (SSSR count). The summed E-state index contributed by atoms with van der Waals surface area (Å²) in [5, 5.41) is 9.55. The average molecular weight is 379 g/mol. The minimum absolute atomic E-state index is 0.158. The van der Waals surface area contributed by atoms with E-state index in [4.69, 9.17) is 5.11 Å². The van der Waals surface area contributed by atoms with Crippen molar-refractivity contribution in [3.8, 4) is 0 Å². The van der Waals surface area contributed by atoms with Crippen molar-refractivity contribution < 1.29 is 9.90 Å². The quantitative estimate of drug-likeness (QED) is 0.587. The molecule has 1 N–H and O–H groups in total. The molecule has 1 aliphatic rings. The maximum absolute atomic E-state index is 11.0. The van der Waals surface area contributed by atoms with Crippen LogP contribution in [0.3, 0.4) is 0 Å². The molecule has 140 valence electrons. The van der Waals surface area contributed by atoms with Gasteiger partial charge in [-0.2, -0.15) is 0 Å². The Hall–Kier alpha value is -2.26. The highest BCUT2D eigenvalue weighted by molar-refractivity contribution is 8.08. The Morgan fingerprint density at radius 3 is 2.33 bits per heavy atom. The van der Waals surface area contributed by atoms with Crippen LogP contribution in [-0.2, 0) is 5.41 Å². The van der Waals surface area contributed by atoms with Gasteiger partial charge in [0.2, 0.25) is 0 Å². The zero-order chi connectivity index (χ0) is 19.6. The predicted molar refractivity (Wildman–Crippen MR) is 117 cm³/mol. The van der Waals surface area contributed by atoms with E-state index >= 15 is 0 Å². The lowest BCUT2D eigenvalue weighted by molar-refractivity contribution is 0.0697. The van der Waals surface area contributed by atoms with Gasteiger partial charge in [-0.25, -0.2) is 4.79 Å². The fourth-order valence-corrected chi connectivity index (χ4v) is 4.31. The SMILES string of the molecule is CC(C)SC1=CCC(C)(C)c2ccc(/C=C/c3ccc(C(=O)O)cc3)cc21. The van der Waals surface area contributed by atoms with Gasteiger partial charge in [-0.1, -0.05) is 70.2 Å². The van der Waals surface area contributed by atoms with Crippen molar-refractivity contribution >= 4 is 34.8 Å². The summed E-state index contributed by atoms with van der Waals surface area (Å²) in [5.74, 6) is -0.898. The first-order chi connectivity index (χ1) is 12.8. The smallest absolute Gasteiger partial charge is 0.335 e. The molecule has 0 saturated heterocycles. The standard InChI is InChI=1S/C24H26O2S/c1-16(2)27-22-13-14-24(3,4)21-12-9-18(15-20(21)22)6-5-17-7-10-19(11-8-17)23(25)26/h5-13,15-16H,14H2,1-4H3,(H,25,26)/b6-5+. The van der Waals surface area contributed by atoms with Crippen molar-refractivity contribution in [2.24, 2.45) is 0 Å². The molecule has 0 aromatic heterocycles. The van der Waals surface area contributed by atoms with Crippen LogP contribution in [0.15, 0.2) is 48.5 Å². The lowest BCUT2D eigenvalue weighted by Gasteiger charge is -2.32. The summed E-state index contributed by atoms with van der Waals surface area (Å²) in [6.07, 6.45) is 7.57. The van der Waals surface area contributed by atoms with Gasteiger partial charge in [0.1, 0.15) is 0 Å². The molecule has 2 aromatic carbocycles. The molecule has 0 amide bonds. The van der Waals surface area contributed by atoms with Gasteiger partial charge in [-0.15, -0.1) is 11.8 Å². The van der Waals surface area contributed by atoms with Gasteiger partial charge in [-0.3, -0.25) is 0 Å². The number of benzene rings is 2. The van der Waals surface area contributed by atoms with E-state index in [2.05, 4.69) is 58.0 Å². The molecule has 0 radical (unpaired) electrons. The van der Waals surface area contributed by atoms with Crippen molar-refractivity contribution in [1.29, 1.82) is 0 Å². The van der Waals surface area contributed by atoms with Crippen LogP contribution in [0.25, 0.3) is 17.1 Å². The van der Waals surface area contributed by atoms with Crippen LogP contribution in [-0.4, -0.2) is 16.3 Å². The fraction of sp³-hybridized carbons (Fsp3) is 0.292. The largest absolute Gasteiger partial charge is 0.478 e. The molecule has 0 saturated carbocycles. The maximum Gasteiger partial charge on any atom is 0.335 e. The van der Waals surface area contributed by atoms with Crippen LogP contribution >= 0.6 is 11.8 Å². The number of hydrogen-bond acceptors (Lipinski definition) is 2. The van der Waals surface area contributed by atoms with Crippen LogP contribution in [0.5, 0.6) is 0 Å². The summed E-state index contributed by atoms with van der Waals surface area (Å²) in [4.78, 5) is 12.3. The van der Waals surface area contributed by atoms with Crippen LogP contribution in [0, 0.1) is 0 Å². The minimum atomic E-state index is -0.898. The van der Waals surface area contributed by atoms with Gasteiger partial charge >= 0.3 is 5.97 Å². The molecule has 0 atom stereocenters. The fourth-order valence-electron chi connectivity index (χ4n) is 3.32. The summed E-state index contributed by atoms with van der Waals surface area (Å²) in [5.41, 5.74) is 5.37. The van der Waals surface area contributed by atoms with Crippen LogP contribution in [0.1, 0.15) is 66.7 Å². The zero-order valence-corrected chi connectivity index (χ0v) is 17.1. The monoisotopic (exact) mass is 378 g/mol. The Morgan fingerprint density at radius 2 is 1.70 bits per heavy atom. The summed E-state index contributed by atoms with van der Waals surface area (Å²) < 4.78 is 0. The van der Waals surface area contributed by atoms with Crippen molar-refractivity contribution in [1.82, 2.24) is 0 Å². The number of fused-ring (bicyclic) bond motifs is 1. The molecule has 0 fully saturated rings. The first kappa shape index (κ1) is 19.5. The highest BCUT2D eigenvalue weighted by Gasteiger charge is 2.28. The zero-order valence-electron chi connectivity index (χ0n) is 16.3. The second-order valence-corrected chi connectivity index (χ2v) is 9.51. The Labute approximate surface area is 166 Å². The molecule has 0 heterocycles. The van der Waals surface area contributed by atoms with Crippen molar-refractivity contribution in [2.75, 3.05) is 0 Å². The normalized spacial score (nSPS) is 15.7. The van der Waals surface area contributed by atoms with E-state index < -0.39 is 5.97 Å². The van der Waals surface area contributed by atoms with Crippen LogP contribution in [0.4, 0.5) is 0 Å². The molecule has 1 aliphatic carbocycles. The van der Waals surface area contributed by atoms with Gasteiger partial charge in [0.25, 0.3) is 0 Å². The number of rotatable bonds is 5. The Balaban J connectivity index is 1.90. The van der Waals surface area contributed by atoms with Crippen molar-refractivity contribution in [2.45, 2.75) is 44.8 Å². The van der Waals surface area contributed by atoms with Gasteiger partial charge in [0, 0.05) is 10.2 Å². The van der Waals surface area contributed by atoms with E-state index in [1.54, 1.807) is 12.1 Å². The van der Waals surface area contributed by atoms with E-state index in [-0.39, 0.29) is 5.41 Å². The van der Waals surface area contributed by atoms with E-state index in [9.17, 15) is 4.79 Å². The molecule has 3 heteroatoms. The molecule has 0 spiro atoms. The number of carbonyl (C=O) groups is 1. The van der Waals surface area contributed by atoms with Crippen LogP contribution in [0.2, 0.25) is 0 Å². The highest BCUT2D eigenvalue weighted by Crippen LogP contribution is 2.44. The van der Waals surface area contributed by atoms with Gasteiger partial charge in [0.15, 0.2) is 0 Å². The summed E-state index contributed by atoms with van der Waals surface area (Å²) in [6.45, 7) is 9.07. The van der Waals surface area contributed by atoms with E-state index in [1.807, 2.05) is 30.0 Å². The number of thioether (sulfide) groups is 1. The third kappa shape index (κ3) is 4.54. The Kier molecular flexibility index (Phi) is 5.61. The second kappa shape index (κ2) is 7.77. The molecule has 27 heavy (non-hydrogen) atoms. The van der Waals surface area contributed by atoms with Gasteiger partial charge < -0.3 is 5.11 Å². The first-order valence-corrected chi connectivity index (χ1v) is 10.2. The van der Waals surface area contributed by atoms with Gasteiger partial charge in [0.05, 0.1) is 5.56 Å². The molecule has 0 aliphatic heterocycles. The number of carboxylic acid groups (broad SMARTS) is 1. The van der Waals surface area contributed by atoms with Crippen molar-refractivity contribution in [3.05, 3.63) is 76.4 Å². The molecule has 2 aromatic rings.